The fraction of sp³-hybridized carbons (Fsp3) is 0.583. The highest BCUT2D eigenvalue weighted by Gasteiger charge is 2.04. The zero-order valence-corrected chi connectivity index (χ0v) is 10.3. The number of nitrogens with one attached hydrogen (secondary N) is 1. The number of hydrogen-bond donors (Lipinski definition) is 1. The van der Waals surface area contributed by atoms with E-state index in [2.05, 4.69) is 15.3 Å². The van der Waals surface area contributed by atoms with Gasteiger partial charge in [-0.05, 0) is 18.4 Å². The highest BCUT2D eigenvalue weighted by atomic mass is 16.5. The molecule has 1 N–H and O–H groups in total. The number of nitrogens with zero attached hydrogens (tertiary/aromatic N) is 2. The van der Waals surface area contributed by atoms with Crippen molar-refractivity contribution in [2.45, 2.75) is 26.7 Å². The zero-order valence-electron chi connectivity index (χ0n) is 10.3. The van der Waals surface area contributed by atoms with Crippen molar-refractivity contribution >= 4 is 11.9 Å². The van der Waals surface area contributed by atoms with Gasteiger partial charge in [0.25, 0.3) is 0 Å². The summed E-state index contributed by atoms with van der Waals surface area (Å²) in [5.41, 5.74) is 0. The van der Waals surface area contributed by atoms with Crippen LogP contribution >= 0.6 is 0 Å². The van der Waals surface area contributed by atoms with Crippen LogP contribution in [0.3, 0.4) is 0 Å². The van der Waals surface area contributed by atoms with Gasteiger partial charge >= 0.3 is 5.97 Å². The van der Waals surface area contributed by atoms with E-state index in [9.17, 15) is 4.79 Å². The average Bonchev–Trinajstić information content (AvgIpc) is 2.33. The molecular formula is C12H19N3O2. The molecule has 0 amide bonds. The highest BCUT2D eigenvalue weighted by Crippen LogP contribution is 1.99. The maximum absolute atomic E-state index is 11.3. The Bertz CT molecular complexity index is 328. The van der Waals surface area contributed by atoms with Gasteiger partial charge in [-0.25, -0.2) is 9.97 Å². The van der Waals surface area contributed by atoms with E-state index < -0.39 is 0 Å². The summed E-state index contributed by atoms with van der Waals surface area (Å²) in [7, 11) is 0. The van der Waals surface area contributed by atoms with Crippen molar-refractivity contribution in [1.82, 2.24) is 9.97 Å². The highest BCUT2D eigenvalue weighted by molar-refractivity contribution is 5.69. The van der Waals surface area contributed by atoms with E-state index in [0.29, 0.717) is 31.4 Å². The number of carbonyl (C=O) groups is 1. The number of esters is 1. The van der Waals surface area contributed by atoms with Gasteiger partial charge in [-0.1, -0.05) is 13.8 Å². The van der Waals surface area contributed by atoms with Gasteiger partial charge in [0.05, 0.1) is 6.61 Å². The van der Waals surface area contributed by atoms with Gasteiger partial charge in [0, 0.05) is 25.4 Å². The molecule has 0 fully saturated rings. The first-order valence-corrected chi connectivity index (χ1v) is 5.85. The second-order valence-corrected chi connectivity index (χ2v) is 4.18. The summed E-state index contributed by atoms with van der Waals surface area (Å²) in [6.07, 6.45) is 4.49. The number of ether oxygens (including phenoxy) is 1. The predicted molar refractivity (Wildman–Crippen MR) is 65.6 cm³/mol. The van der Waals surface area contributed by atoms with Crippen molar-refractivity contribution in [2.75, 3.05) is 18.5 Å². The standard InChI is InChI=1S/C12H19N3O2/c1-10(2)9-17-11(16)5-3-6-13-12-14-7-4-8-15-12/h4,7-8,10H,3,5-6,9H2,1-2H3,(H,13,14,15). The fourth-order valence-electron chi connectivity index (χ4n) is 1.16. The number of anilines is 1. The Labute approximate surface area is 102 Å². The van der Waals surface area contributed by atoms with E-state index >= 15 is 0 Å². The minimum Gasteiger partial charge on any atom is -0.465 e. The molecule has 0 aliphatic heterocycles. The molecule has 0 saturated carbocycles. The largest absolute Gasteiger partial charge is 0.465 e. The molecule has 0 spiro atoms. The van der Waals surface area contributed by atoms with Gasteiger partial charge < -0.3 is 10.1 Å². The van der Waals surface area contributed by atoms with Crippen molar-refractivity contribution in [1.29, 1.82) is 0 Å². The Morgan fingerprint density at radius 1 is 1.41 bits per heavy atom. The van der Waals surface area contributed by atoms with Gasteiger partial charge in [0.2, 0.25) is 5.95 Å². The quantitative estimate of drug-likeness (QED) is 0.579. The van der Waals surface area contributed by atoms with E-state index in [-0.39, 0.29) is 5.97 Å². The number of carbonyl (C=O) groups excluding carboxylic acids is 1. The normalized spacial score (nSPS) is 10.3. The van der Waals surface area contributed by atoms with Crippen molar-refractivity contribution in [2.24, 2.45) is 5.92 Å². The maximum Gasteiger partial charge on any atom is 0.305 e. The summed E-state index contributed by atoms with van der Waals surface area (Å²) in [6.45, 7) is 5.19. The molecule has 0 aromatic carbocycles. The van der Waals surface area contributed by atoms with E-state index in [1.54, 1.807) is 18.5 Å². The van der Waals surface area contributed by atoms with Crippen molar-refractivity contribution in [3.63, 3.8) is 0 Å². The van der Waals surface area contributed by atoms with Crippen LogP contribution in [0.5, 0.6) is 0 Å². The summed E-state index contributed by atoms with van der Waals surface area (Å²) >= 11 is 0. The number of aromatic nitrogens is 2. The third-order valence-corrected chi connectivity index (χ3v) is 1.98. The Balaban J connectivity index is 2.06. The van der Waals surface area contributed by atoms with Crippen molar-refractivity contribution in [3.05, 3.63) is 18.5 Å². The lowest BCUT2D eigenvalue weighted by molar-refractivity contribution is -0.144. The van der Waals surface area contributed by atoms with Crippen LogP contribution in [0.2, 0.25) is 0 Å². The average molecular weight is 237 g/mol. The molecule has 0 saturated heterocycles. The number of hydrogen-bond acceptors (Lipinski definition) is 5. The Kier molecular flexibility index (Phi) is 5.99. The Morgan fingerprint density at radius 2 is 2.12 bits per heavy atom. The summed E-state index contributed by atoms with van der Waals surface area (Å²) < 4.78 is 5.06. The van der Waals surface area contributed by atoms with Crippen LogP contribution in [0.15, 0.2) is 18.5 Å². The monoisotopic (exact) mass is 237 g/mol. The summed E-state index contributed by atoms with van der Waals surface area (Å²) in [5, 5.41) is 3.03. The number of rotatable bonds is 7. The minimum atomic E-state index is -0.144. The van der Waals surface area contributed by atoms with Crippen LogP contribution in [0.1, 0.15) is 26.7 Å². The molecule has 94 valence electrons. The van der Waals surface area contributed by atoms with Crippen LogP contribution < -0.4 is 5.32 Å². The van der Waals surface area contributed by atoms with Crippen LogP contribution in [-0.2, 0) is 9.53 Å². The molecule has 5 heteroatoms. The van der Waals surface area contributed by atoms with Gasteiger partial charge in [0.1, 0.15) is 0 Å². The smallest absolute Gasteiger partial charge is 0.305 e. The van der Waals surface area contributed by atoms with Crippen LogP contribution in [0, 0.1) is 5.92 Å². The molecule has 0 atom stereocenters. The van der Waals surface area contributed by atoms with E-state index in [1.807, 2.05) is 13.8 Å². The van der Waals surface area contributed by atoms with Crippen LogP contribution in [-0.4, -0.2) is 29.1 Å². The van der Waals surface area contributed by atoms with Crippen molar-refractivity contribution < 1.29 is 9.53 Å². The van der Waals surface area contributed by atoms with Gasteiger partial charge in [-0.15, -0.1) is 0 Å². The molecule has 0 aliphatic carbocycles. The van der Waals surface area contributed by atoms with Crippen molar-refractivity contribution in [3.8, 4) is 0 Å². The Morgan fingerprint density at radius 3 is 2.76 bits per heavy atom. The summed E-state index contributed by atoms with van der Waals surface area (Å²) in [5.74, 6) is 0.826. The molecule has 1 rings (SSSR count). The summed E-state index contributed by atoms with van der Waals surface area (Å²) in [6, 6.07) is 1.76. The minimum absolute atomic E-state index is 0.144. The van der Waals surface area contributed by atoms with E-state index in [1.165, 1.54) is 0 Å². The van der Waals surface area contributed by atoms with Crippen LogP contribution in [0.25, 0.3) is 0 Å². The zero-order chi connectivity index (χ0) is 12.5. The molecule has 1 aromatic heterocycles. The molecule has 1 heterocycles. The third kappa shape index (κ3) is 6.50. The fourth-order valence-corrected chi connectivity index (χ4v) is 1.16. The van der Waals surface area contributed by atoms with E-state index in [4.69, 9.17) is 4.74 Å². The van der Waals surface area contributed by atoms with E-state index in [0.717, 1.165) is 6.42 Å². The lowest BCUT2D eigenvalue weighted by Crippen LogP contribution is -2.12. The van der Waals surface area contributed by atoms with Crippen LogP contribution in [0.4, 0.5) is 5.95 Å². The lowest BCUT2D eigenvalue weighted by atomic mass is 10.2. The first-order chi connectivity index (χ1) is 8.18. The third-order valence-electron chi connectivity index (χ3n) is 1.98. The second kappa shape index (κ2) is 7.60. The topological polar surface area (TPSA) is 64.1 Å². The SMILES string of the molecule is CC(C)COC(=O)CCCNc1ncccn1. The Hall–Kier alpha value is -1.65. The molecule has 0 bridgehead atoms. The summed E-state index contributed by atoms with van der Waals surface area (Å²) in [4.78, 5) is 19.3. The molecule has 1 aromatic rings. The van der Waals surface area contributed by atoms with Gasteiger partial charge in [-0.2, -0.15) is 0 Å². The lowest BCUT2D eigenvalue weighted by Gasteiger charge is -2.07. The molecule has 17 heavy (non-hydrogen) atoms. The second-order valence-electron chi connectivity index (χ2n) is 4.18. The predicted octanol–water partition coefficient (Wildman–Crippen LogP) is 1.87. The molecular weight excluding hydrogens is 218 g/mol. The van der Waals surface area contributed by atoms with Gasteiger partial charge in [-0.3, -0.25) is 4.79 Å². The molecule has 0 radical (unpaired) electrons. The molecule has 0 aliphatic rings. The molecule has 5 nitrogen and oxygen atoms in total. The first-order valence-electron chi connectivity index (χ1n) is 5.85. The maximum atomic E-state index is 11.3. The first kappa shape index (κ1) is 13.4. The van der Waals surface area contributed by atoms with Gasteiger partial charge in [0.15, 0.2) is 0 Å². The molecule has 0 unspecified atom stereocenters.